The third-order valence-corrected chi connectivity index (χ3v) is 5.01. The fourth-order valence-electron chi connectivity index (χ4n) is 2.11. The maximum atomic E-state index is 11.7. The van der Waals surface area contributed by atoms with E-state index in [1.54, 1.807) is 0 Å². The lowest BCUT2D eigenvalue weighted by atomic mass is 10.2. The minimum atomic E-state index is -3.10. The predicted molar refractivity (Wildman–Crippen MR) is 78.6 cm³/mol. The maximum Gasteiger partial charge on any atom is 0.338 e. The van der Waals surface area contributed by atoms with Gasteiger partial charge in [-0.3, -0.25) is 14.9 Å². The van der Waals surface area contributed by atoms with Crippen molar-refractivity contribution in [3.05, 3.63) is 39.9 Å². The van der Waals surface area contributed by atoms with Crippen molar-refractivity contribution in [2.24, 2.45) is 0 Å². The molecule has 0 spiro atoms. The molecule has 23 heavy (non-hydrogen) atoms. The van der Waals surface area contributed by atoms with Gasteiger partial charge < -0.3 is 10.1 Å². The quantitative estimate of drug-likeness (QED) is 0.454. The molecule has 1 heterocycles. The van der Waals surface area contributed by atoms with E-state index in [1.807, 2.05) is 0 Å². The average molecular weight is 342 g/mol. The molecule has 1 amide bonds. The molecule has 0 aromatic heterocycles. The molecular formula is C13H14N2O7S. The van der Waals surface area contributed by atoms with Crippen LogP contribution in [0, 0.1) is 10.1 Å². The Balaban J connectivity index is 1.82. The second-order valence-electron chi connectivity index (χ2n) is 5.05. The van der Waals surface area contributed by atoms with Crippen LogP contribution in [0.4, 0.5) is 5.69 Å². The van der Waals surface area contributed by atoms with E-state index in [4.69, 9.17) is 4.74 Å². The number of hydrogen-bond acceptors (Lipinski definition) is 7. The third-order valence-electron chi connectivity index (χ3n) is 3.25. The summed E-state index contributed by atoms with van der Waals surface area (Å²) in [5.41, 5.74) is -0.0893. The molecule has 1 aliphatic rings. The number of benzene rings is 1. The van der Waals surface area contributed by atoms with Crippen LogP contribution >= 0.6 is 0 Å². The Bertz CT molecular complexity index is 727. The van der Waals surface area contributed by atoms with Crippen molar-refractivity contribution in [2.75, 3.05) is 18.1 Å². The summed E-state index contributed by atoms with van der Waals surface area (Å²) >= 11 is 0. The summed E-state index contributed by atoms with van der Waals surface area (Å²) < 4.78 is 27.3. The molecule has 9 nitrogen and oxygen atoms in total. The Hall–Kier alpha value is -2.49. The first kappa shape index (κ1) is 16.9. The van der Waals surface area contributed by atoms with Crippen molar-refractivity contribution >= 4 is 27.4 Å². The fourth-order valence-corrected chi connectivity index (χ4v) is 3.79. The first-order valence-electron chi connectivity index (χ1n) is 6.68. The van der Waals surface area contributed by atoms with Crippen LogP contribution in [0.3, 0.4) is 0 Å². The number of nitrogens with zero attached hydrogens (tertiary/aromatic N) is 1. The zero-order valence-electron chi connectivity index (χ0n) is 11.9. The van der Waals surface area contributed by atoms with Crippen molar-refractivity contribution in [1.82, 2.24) is 5.32 Å². The fraction of sp³-hybridized carbons (Fsp3) is 0.385. The van der Waals surface area contributed by atoms with E-state index in [9.17, 15) is 28.1 Å². The van der Waals surface area contributed by atoms with Gasteiger partial charge in [-0.25, -0.2) is 13.2 Å². The molecule has 0 aliphatic carbocycles. The number of nitro benzene ring substituents is 1. The summed E-state index contributed by atoms with van der Waals surface area (Å²) in [4.78, 5) is 33.2. The van der Waals surface area contributed by atoms with E-state index < -0.39 is 39.3 Å². The molecule has 0 unspecified atom stereocenters. The van der Waals surface area contributed by atoms with Gasteiger partial charge in [-0.2, -0.15) is 0 Å². The molecule has 1 aromatic rings. The summed E-state index contributed by atoms with van der Waals surface area (Å²) in [5, 5.41) is 13.0. The molecule has 2 rings (SSSR count). The van der Waals surface area contributed by atoms with Gasteiger partial charge in [-0.15, -0.1) is 0 Å². The highest BCUT2D eigenvalue weighted by Gasteiger charge is 2.29. The van der Waals surface area contributed by atoms with Crippen LogP contribution in [0.2, 0.25) is 0 Å². The molecule has 0 saturated carbocycles. The third kappa shape index (κ3) is 4.74. The van der Waals surface area contributed by atoms with E-state index in [0.29, 0.717) is 6.42 Å². The van der Waals surface area contributed by atoms with Crippen molar-refractivity contribution in [3.8, 4) is 0 Å². The average Bonchev–Trinajstić information content (AvgIpc) is 2.83. The molecule has 10 heteroatoms. The van der Waals surface area contributed by atoms with Gasteiger partial charge in [-0.05, 0) is 18.6 Å². The van der Waals surface area contributed by atoms with Crippen LogP contribution in [0.25, 0.3) is 0 Å². The Morgan fingerprint density at radius 1 is 1.30 bits per heavy atom. The smallest absolute Gasteiger partial charge is 0.338 e. The van der Waals surface area contributed by atoms with Crippen LogP contribution < -0.4 is 5.32 Å². The molecule has 124 valence electrons. The number of ether oxygens (including phenoxy) is 1. The summed E-state index contributed by atoms with van der Waals surface area (Å²) in [6.45, 7) is -0.549. The molecule has 1 saturated heterocycles. The van der Waals surface area contributed by atoms with Gasteiger partial charge in [0.05, 0.1) is 22.0 Å². The zero-order valence-corrected chi connectivity index (χ0v) is 12.7. The topological polar surface area (TPSA) is 133 Å². The van der Waals surface area contributed by atoms with E-state index in [2.05, 4.69) is 5.32 Å². The van der Waals surface area contributed by atoms with E-state index in [1.165, 1.54) is 12.1 Å². The number of carbonyl (C=O) groups is 2. The first-order valence-corrected chi connectivity index (χ1v) is 8.50. The summed E-state index contributed by atoms with van der Waals surface area (Å²) in [6, 6.07) is 4.29. The van der Waals surface area contributed by atoms with Crippen molar-refractivity contribution < 1.29 is 27.7 Å². The van der Waals surface area contributed by atoms with Crippen LogP contribution in [-0.2, 0) is 19.4 Å². The monoisotopic (exact) mass is 342 g/mol. The van der Waals surface area contributed by atoms with Gasteiger partial charge in [0.25, 0.3) is 11.6 Å². The Labute approximate surface area is 131 Å². The number of carbonyl (C=O) groups excluding carboxylic acids is 2. The summed E-state index contributed by atoms with van der Waals surface area (Å²) in [6.07, 6.45) is 0.338. The van der Waals surface area contributed by atoms with Crippen molar-refractivity contribution in [3.63, 3.8) is 0 Å². The van der Waals surface area contributed by atoms with E-state index >= 15 is 0 Å². The lowest BCUT2D eigenvalue weighted by Crippen LogP contribution is -2.38. The highest BCUT2D eigenvalue weighted by molar-refractivity contribution is 7.91. The van der Waals surface area contributed by atoms with Gasteiger partial charge >= 0.3 is 5.97 Å². The van der Waals surface area contributed by atoms with Gasteiger partial charge in [-0.1, -0.05) is 0 Å². The molecule has 1 N–H and O–H groups in total. The molecule has 1 aromatic carbocycles. The molecule has 1 atom stereocenters. The minimum Gasteiger partial charge on any atom is -0.452 e. The Morgan fingerprint density at radius 3 is 2.48 bits per heavy atom. The van der Waals surface area contributed by atoms with Crippen LogP contribution in [-0.4, -0.2) is 49.4 Å². The summed E-state index contributed by atoms with van der Waals surface area (Å²) in [7, 11) is -3.10. The maximum absolute atomic E-state index is 11.7. The van der Waals surface area contributed by atoms with Gasteiger partial charge in [0.15, 0.2) is 16.4 Å². The normalized spacial score (nSPS) is 19.0. The number of nitrogens with one attached hydrogen (secondary N) is 1. The predicted octanol–water partition coefficient (Wildman–Crippen LogP) is 0.0549. The number of nitro groups is 1. The Morgan fingerprint density at radius 2 is 1.96 bits per heavy atom. The number of rotatable bonds is 5. The lowest BCUT2D eigenvalue weighted by Gasteiger charge is -2.11. The first-order chi connectivity index (χ1) is 10.8. The molecule has 0 bridgehead atoms. The second kappa shape index (κ2) is 6.73. The Kier molecular flexibility index (Phi) is 4.94. The SMILES string of the molecule is O=C(COC(=O)c1ccc([N+](=O)[O-])cc1)N[C@@H]1CCS(=O)(=O)C1. The molecule has 0 radical (unpaired) electrons. The van der Waals surface area contributed by atoms with Gasteiger partial charge in [0.1, 0.15) is 0 Å². The van der Waals surface area contributed by atoms with Gasteiger partial charge in [0.2, 0.25) is 0 Å². The summed E-state index contributed by atoms with van der Waals surface area (Å²) in [5.74, 6) is -1.48. The molecular weight excluding hydrogens is 328 g/mol. The second-order valence-corrected chi connectivity index (χ2v) is 7.28. The number of hydrogen-bond donors (Lipinski definition) is 1. The number of amides is 1. The molecule has 1 fully saturated rings. The van der Waals surface area contributed by atoms with Crippen LogP contribution in [0.1, 0.15) is 16.8 Å². The number of sulfone groups is 1. The van der Waals surface area contributed by atoms with Crippen LogP contribution in [0.5, 0.6) is 0 Å². The van der Waals surface area contributed by atoms with Gasteiger partial charge in [0, 0.05) is 18.2 Å². The number of esters is 1. The van der Waals surface area contributed by atoms with Crippen LogP contribution in [0.15, 0.2) is 24.3 Å². The standard InChI is InChI=1S/C13H14N2O7S/c16-12(14-10-5-6-23(20,21)8-10)7-22-13(17)9-1-3-11(4-2-9)15(18)19/h1-4,10H,5-8H2,(H,14,16)/t10-/m1/s1. The highest BCUT2D eigenvalue weighted by atomic mass is 32.2. The van der Waals surface area contributed by atoms with E-state index in [0.717, 1.165) is 12.1 Å². The largest absolute Gasteiger partial charge is 0.452 e. The van der Waals surface area contributed by atoms with E-state index in [-0.39, 0.29) is 22.8 Å². The highest BCUT2D eigenvalue weighted by Crippen LogP contribution is 2.13. The molecule has 1 aliphatic heterocycles. The van der Waals surface area contributed by atoms with Crippen molar-refractivity contribution in [2.45, 2.75) is 12.5 Å². The number of non-ortho nitro benzene ring substituents is 1. The lowest BCUT2D eigenvalue weighted by molar-refractivity contribution is -0.384. The minimum absolute atomic E-state index is 0.0283. The zero-order chi connectivity index (χ0) is 17.0. The van der Waals surface area contributed by atoms with Crippen molar-refractivity contribution in [1.29, 1.82) is 0 Å².